The number of hydrogen-bond acceptors (Lipinski definition) is 5. The zero-order valence-electron chi connectivity index (χ0n) is 14.7. The summed E-state index contributed by atoms with van der Waals surface area (Å²) in [6.07, 6.45) is 2.04. The minimum atomic E-state index is -0.527. The van der Waals surface area contributed by atoms with Gasteiger partial charge in [-0.1, -0.05) is 6.92 Å². The van der Waals surface area contributed by atoms with Crippen LogP contribution < -0.4 is 15.5 Å². The Morgan fingerprint density at radius 1 is 1.26 bits per heavy atom. The molecule has 7 heteroatoms. The van der Waals surface area contributed by atoms with Crippen molar-refractivity contribution in [1.82, 2.24) is 4.98 Å². The molecule has 1 saturated heterocycles. The Kier molecular flexibility index (Phi) is 5.01. The molecule has 0 bridgehead atoms. The van der Waals surface area contributed by atoms with Gasteiger partial charge in [-0.3, -0.25) is 4.79 Å². The van der Waals surface area contributed by atoms with Crippen LogP contribution in [0.4, 0.5) is 5.69 Å². The summed E-state index contributed by atoms with van der Waals surface area (Å²) in [6, 6.07) is 1.80. The van der Waals surface area contributed by atoms with Crippen molar-refractivity contribution in [2.24, 2.45) is 0 Å². The van der Waals surface area contributed by atoms with Crippen molar-refractivity contribution in [3.8, 4) is 5.88 Å². The van der Waals surface area contributed by atoms with Gasteiger partial charge < -0.3 is 19.4 Å². The van der Waals surface area contributed by atoms with Crippen LogP contribution in [-0.2, 0) is 14.1 Å². The topological polar surface area (TPSA) is 69.7 Å². The van der Waals surface area contributed by atoms with E-state index in [0.717, 1.165) is 5.46 Å². The van der Waals surface area contributed by atoms with Crippen molar-refractivity contribution in [1.29, 1.82) is 0 Å². The zero-order valence-corrected chi connectivity index (χ0v) is 14.7. The van der Waals surface area contributed by atoms with E-state index < -0.39 is 18.3 Å². The standard InChI is InChI=1S/C16H25BN2O4/c1-7-13(20)19-12-9-11(10-18-14(12)21-8-2)17-22-15(3,4)16(5,6)23-17/h9-10H,7-8H2,1-6H3,(H,19,20). The molecule has 0 radical (unpaired) electrons. The molecule has 1 aromatic rings. The summed E-state index contributed by atoms with van der Waals surface area (Å²) in [5.74, 6) is 0.299. The molecule has 1 aromatic heterocycles. The third-order valence-corrected chi connectivity index (χ3v) is 4.27. The molecular formula is C16H25BN2O4. The number of nitrogens with one attached hydrogen (secondary N) is 1. The predicted molar refractivity (Wildman–Crippen MR) is 90.0 cm³/mol. The Balaban J connectivity index is 2.30. The summed E-state index contributed by atoms with van der Waals surface area (Å²) in [5.41, 5.74) is 0.427. The molecule has 0 unspecified atom stereocenters. The van der Waals surface area contributed by atoms with E-state index in [1.165, 1.54) is 0 Å². The Bertz CT molecular complexity index is 573. The molecule has 1 N–H and O–H groups in total. The predicted octanol–water partition coefficient (Wildman–Crippen LogP) is 2.13. The van der Waals surface area contributed by atoms with Crippen molar-refractivity contribution in [3.05, 3.63) is 12.3 Å². The maximum atomic E-state index is 11.7. The van der Waals surface area contributed by atoms with Gasteiger partial charge in [-0.2, -0.15) is 0 Å². The van der Waals surface area contributed by atoms with Gasteiger partial charge in [0.15, 0.2) is 0 Å². The first-order valence-electron chi connectivity index (χ1n) is 7.98. The van der Waals surface area contributed by atoms with Crippen LogP contribution in [0.2, 0.25) is 0 Å². The first kappa shape index (κ1) is 17.8. The molecule has 0 aliphatic carbocycles. The molecule has 0 aromatic carbocycles. The molecule has 2 rings (SSSR count). The molecule has 0 atom stereocenters. The highest BCUT2D eigenvalue weighted by Crippen LogP contribution is 2.36. The molecule has 0 spiro atoms. The molecule has 2 heterocycles. The van der Waals surface area contributed by atoms with Crippen LogP contribution in [0.25, 0.3) is 0 Å². The number of carbonyl (C=O) groups is 1. The number of aromatic nitrogens is 1. The lowest BCUT2D eigenvalue weighted by molar-refractivity contribution is -0.115. The summed E-state index contributed by atoms with van der Waals surface area (Å²) >= 11 is 0. The van der Waals surface area contributed by atoms with Crippen molar-refractivity contribution in [3.63, 3.8) is 0 Å². The molecule has 1 aliphatic rings. The van der Waals surface area contributed by atoms with E-state index in [1.54, 1.807) is 19.2 Å². The number of rotatable bonds is 5. The first-order valence-corrected chi connectivity index (χ1v) is 7.98. The maximum absolute atomic E-state index is 11.7. The van der Waals surface area contributed by atoms with Gasteiger partial charge in [-0.05, 0) is 40.7 Å². The second-order valence-corrected chi connectivity index (χ2v) is 6.54. The molecule has 1 fully saturated rings. The second-order valence-electron chi connectivity index (χ2n) is 6.54. The van der Waals surface area contributed by atoms with Gasteiger partial charge in [-0.15, -0.1) is 0 Å². The van der Waals surface area contributed by atoms with Gasteiger partial charge in [0.25, 0.3) is 0 Å². The largest absolute Gasteiger partial charge is 0.496 e. The lowest BCUT2D eigenvalue weighted by atomic mass is 9.80. The van der Waals surface area contributed by atoms with E-state index in [-0.39, 0.29) is 5.91 Å². The smallest absolute Gasteiger partial charge is 0.476 e. The number of anilines is 1. The van der Waals surface area contributed by atoms with Gasteiger partial charge in [0.05, 0.1) is 17.8 Å². The minimum Gasteiger partial charge on any atom is -0.476 e. The highest BCUT2D eigenvalue weighted by molar-refractivity contribution is 6.62. The van der Waals surface area contributed by atoms with E-state index in [0.29, 0.717) is 24.6 Å². The lowest BCUT2D eigenvalue weighted by Gasteiger charge is -2.32. The van der Waals surface area contributed by atoms with Crippen LogP contribution in [0.15, 0.2) is 12.3 Å². The zero-order chi connectivity index (χ0) is 17.3. The monoisotopic (exact) mass is 320 g/mol. The second kappa shape index (κ2) is 6.49. The summed E-state index contributed by atoms with van der Waals surface area (Å²) in [7, 11) is -0.527. The fraction of sp³-hybridized carbons (Fsp3) is 0.625. The van der Waals surface area contributed by atoms with Crippen LogP contribution >= 0.6 is 0 Å². The fourth-order valence-electron chi connectivity index (χ4n) is 2.16. The molecule has 126 valence electrons. The van der Waals surface area contributed by atoms with Crippen LogP contribution in [0.3, 0.4) is 0 Å². The van der Waals surface area contributed by atoms with Crippen LogP contribution in [0, 0.1) is 0 Å². The highest BCUT2D eigenvalue weighted by Gasteiger charge is 2.51. The Labute approximate surface area is 138 Å². The third kappa shape index (κ3) is 3.67. The molecule has 1 aliphatic heterocycles. The van der Waals surface area contributed by atoms with Gasteiger partial charge >= 0.3 is 7.12 Å². The van der Waals surface area contributed by atoms with E-state index in [1.807, 2.05) is 34.6 Å². The molecular weight excluding hydrogens is 295 g/mol. The van der Waals surface area contributed by atoms with E-state index in [9.17, 15) is 4.79 Å². The van der Waals surface area contributed by atoms with Crippen LogP contribution in [-0.4, -0.2) is 35.8 Å². The number of amides is 1. The number of carbonyl (C=O) groups excluding carboxylic acids is 1. The maximum Gasteiger partial charge on any atom is 0.496 e. The number of hydrogen-bond donors (Lipinski definition) is 1. The molecule has 1 amide bonds. The third-order valence-electron chi connectivity index (χ3n) is 4.27. The lowest BCUT2D eigenvalue weighted by Crippen LogP contribution is -2.41. The average Bonchev–Trinajstić information content (AvgIpc) is 2.69. The SMILES string of the molecule is CCOc1ncc(B2OC(C)(C)C(C)(C)O2)cc1NC(=O)CC. The van der Waals surface area contributed by atoms with Crippen LogP contribution in [0.1, 0.15) is 48.0 Å². The van der Waals surface area contributed by atoms with Gasteiger partial charge in [0.1, 0.15) is 5.69 Å². The fourth-order valence-corrected chi connectivity index (χ4v) is 2.16. The highest BCUT2D eigenvalue weighted by atomic mass is 16.7. The Hall–Kier alpha value is -1.60. The summed E-state index contributed by atoms with van der Waals surface area (Å²) in [4.78, 5) is 16.0. The minimum absolute atomic E-state index is 0.0983. The average molecular weight is 320 g/mol. The van der Waals surface area contributed by atoms with Gasteiger partial charge in [0, 0.05) is 18.1 Å². The van der Waals surface area contributed by atoms with Gasteiger partial charge in [-0.25, -0.2) is 4.98 Å². The molecule has 6 nitrogen and oxygen atoms in total. The van der Waals surface area contributed by atoms with Gasteiger partial charge in [0.2, 0.25) is 11.8 Å². The number of pyridine rings is 1. The quantitative estimate of drug-likeness (QED) is 0.842. The van der Waals surface area contributed by atoms with Crippen LogP contribution in [0.5, 0.6) is 5.88 Å². The molecule has 0 saturated carbocycles. The Morgan fingerprint density at radius 2 is 1.87 bits per heavy atom. The summed E-state index contributed by atoms with van der Waals surface area (Å²) in [6.45, 7) is 12.1. The van der Waals surface area contributed by atoms with E-state index in [4.69, 9.17) is 14.0 Å². The Morgan fingerprint density at radius 3 is 2.39 bits per heavy atom. The first-order chi connectivity index (χ1) is 10.7. The number of nitrogens with zero attached hydrogens (tertiary/aromatic N) is 1. The summed E-state index contributed by atoms with van der Waals surface area (Å²) < 4.78 is 17.5. The number of ether oxygens (including phenoxy) is 1. The molecule has 23 heavy (non-hydrogen) atoms. The van der Waals surface area contributed by atoms with E-state index >= 15 is 0 Å². The summed E-state index contributed by atoms with van der Waals surface area (Å²) in [5, 5.41) is 2.81. The van der Waals surface area contributed by atoms with Crippen molar-refractivity contribution >= 4 is 24.2 Å². The van der Waals surface area contributed by atoms with Crippen molar-refractivity contribution < 1.29 is 18.8 Å². The van der Waals surface area contributed by atoms with E-state index in [2.05, 4.69) is 10.3 Å². The van der Waals surface area contributed by atoms with Crippen molar-refractivity contribution in [2.45, 2.75) is 59.2 Å². The normalized spacial score (nSPS) is 18.8. The van der Waals surface area contributed by atoms with Crippen molar-refractivity contribution in [2.75, 3.05) is 11.9 Å².